The number of hydrogen-bond donors (Lipinski definition) is 3. The second-order valence-electron chi connectivity index (χ2n) is 11.4. The van der Waals surface area contributed by atoms with E-state index in [4.69, 9.17) is 9.72 Å². The zero-order chi connectivity index (χ0) is 28.9. The van der Waals surface area contributed by atoms with Crippen molar-refractivity contribution >= 4 is 23.0 Å². The summed E-state index contributed by atoms with van der Waals surface area (Å²) in [4.78, 5) is 46.9. The van der Waals surface area contributed by atoms with Crippen LogP contribution in [0.5, 0.6) is 5.75 Å². The van der Waals surface area contributed by atoms with Gasteiger partial charge in [0.2, 0.25) is 0 Å². The van der Waals surface area contributed by atoms with Gasteiger partial charge in [-0.15, -0.1) is 0 Å². The number of carboxylic acids is 1. The number of piperidine rings is 2. The normalized spacial score (nSPS) is 19.0. The molecule has 0 radical (unpaired) electrons. The molecular weight excluding hydrogens is 528 g/mol. The third kappa shape index (κ3) is 4.87. The Morgan fingerprint density at radius 2 is 1.80 bits per heavy atom. The minimum absolute atomic E-state index is 0.166. The molecule has 1 aromatic carbocycles. The number of benzene rings is 1. The molecule has 2 aromatic heterocycles. The Labute approximate surface area is 236 Å². The van der Waals surface area contributed by atoms with E-state index in [1.165, 1.54) is 29.9 Å². The molecule has 3 aliphatic heterocycles. The Hall–Kier alpha value is -3.80. The number of likely N-dealkylation sites (tertiary alicyclic amines) is 2. The molecule has 11 nitrogen and oxygen atoms in total. The highest BCUT2D eigenvalue weighted by atomic mass is 16.6. The van der Waals surface area contributed by atoms with Gasteiger partial charge in [0.05, 0.1) is 30.1 Å². The van der Waals surface area contributed by atoms with Crippen molar-refractivity contribution in [2.75, 3.05) is 26.2 Å². The summed E-state index contributed by atoms with van der Waals surface area (Å²) >= 11 is 0. The molecule has 3 N–H and O–H groups in total. The van der Waals surface area contributed by atoms with E-state index in [-0.39, 0.29) is 23.8 Å². The van der Waals surface area contributed by atoms with E-state index in [9.17, 15) is 29.7 Å². The molecule has 3 aromatic rings. The number of carbonyl (C=O) groups is 2. The summed E-state index contributed by atoms with van der Waals surface area (Å²) in [5, 5.41) is 30.7. The molecule has 0 aliphatic carbocycles. The number of carboxylic acid groups (broad SMARTS) is 1. The third-order valence-corrected chi connectivity index (χ3v) is 8.77. The van der Waals surface area contributed by atoms with Crippen molar-refractivity contribution in [3.8, 4) is 17.1 Å². The molecule has 0 spiro atoms. The molecule has 11 heteroatoms. The van der Waals surface area contributed by atoms with Crippen molar-refractivity contribution in [3.63, 3.8) is 0 Å². The number of nitrogens with zero attached hydrogens (tertiary/aromatic N) is 4. The maximum Gasteiger partial charge on any atom is 0.415 e. The summed E-state index contributed by atoms with van der Waals surface area (Å²) in [5.74, 6) is -1.13. The highest BCUT2D eigenvalue weighted by Gasteiger charge is 2.38. The monoisotopic (exact) mass is 562 g/mol. The molecule has 2 saturated heterocycles. The van der Waals surface area contributed by atoms with Crippen molar-refractivity contribution < 1.29 is 29.6 Å². The number of aromatic nitrogens is 2. The molecule has 3 aliphatic rings. The standard InChI is InChI=1S/C30H34N4O7/c1-30(40,28(37)38)23-15-25-26-19(16-34(25)27(36)22(23)17-35)13-18-14-21(5-6-24(18)31-26)41-29(39)33-11-7-20(8-12-33)32-9-3-2-4-10-32/h5-6,13-15,20,35,40H,2-4,7-12,16-17H2,1H3,(H,37,38)/t30-/m0/s1. The van der Waals surface area contributed by atoms with Crippen LogP contribution in [-0.4, -0.2) is 79.0 Å². The van der Waals surface area contributed by atoms with Crippen LogP contribution in [0.2, 0.25) is 0 Å². The summed E-state index contributed by atoms with van der Waals surface area (Å²) in [6.45, 7) is 4.17. The fourth-order valence-electron chi connectivity index (χ4n) is 6.38. The number of rotatable bonds is 5. The third-order valence-electron chi connectivity index (χ3n) is 8.77. The van der Waals surface area contributed by atoms with Crippen LogP contribution < -0.4 is 10.3 Å². The lowest BCUT2D eigenvalue weighted by Gasteiger charge is -2.39. The fourth-order valence-corrected chi connectivity index (χ4v) is 6.38. The van der Waals surface area contributed by atoms with Crippen LogP contribution in [0.3, 0.4) is 0 Å². The van der Waals surface area contributed by atoms with Crippen LogP contribution in [-0.2, 0) is 23.5 Å². The van der Waals surface area contributed by atoms with E-state index < -0.39 is 23.7 Å². The van der Waals surface area contributed by atoms with Crippen LogP contribution in [0.1, 0.15) is 55.7 Å². The SMILES string of the molecule is C[C@@](O)(C(=O)O)c1cc2n(c(=O)c1CO)Cc1cc3cc(OC(=O)N4CCC(N5CCCCC5)CC4)ccc3nc1-2. The lowest BCUT2D eigenvalue weighted by Crippen LogP contribution is -2.48. The van der Waals surface area contributed by atoms with E-state index in [1.807, 2.05) is 6.07 Å². The molecular formula is C30H34N4O7. The first-order valence-corrected chi connectivity index (χ1v) is 14.2. The van der Waals surface area contributed by atoms with Gasteiger partial charge in [-0.3, -0.25) is 4.79 Å². The quantitative estimate of drug-likeness (QED) is 0.334. The van der Waals surface area contributed by atoms with E-state index >= 15 is 0 Å². The van der Waals surface area contributed by atoms with E-state index in [1.54, 1.807) is 23.1 Å². The number of pyridine rings is 2. The van der Waals surface area contributed by atoms with Crippen molar-refractivity contribution in [2.45, 2.75) is 63.8 Å². The molecule has 216 valence electrons. The molecule has 2 fully saturated rings. The van der Waals surface area contributed by atoms with Crippen LogP contribution in [0.25, 0.3) is 22.3 Å². The fraction of sp³-hybridized carbons (Fsp3) is 0.467. The Bertz CT molecular complexity index is 1580. The molecule has 41 heavy (non-hydrogen) atoms. The van der Waals surface area contributed by atoms with Crippen LogP contribution >= 0.6 is 0 Å². The first kappa shape index (κ1) is 27.4. The van der Waals surface area contributed by atoms with Gasteiger partial charge in [0.15, 0.2) is 5.60 Å². The molecule has 0 unspecified atom stereocenters. The summed E-state index contributed by atoms with van der Waals surface area (Å²) in [5.41, 5.74) is -1.12. The first-order chi connectivity index (χ1) is 19.7. The van der Waals surface area contributed by atoms with Gasteiger partial charge in [-0.2, -0.15) is 0 Å². The average molecular weight is 563 g/mol. The minimum Gasteiger partial charge on any atom is -0.479 e. The molecule has 1 amide bonds. The van der Waals surface area contributed by atoms with Gasteiger partial charge in [0.25, 0.3) is 5.56 Å². The zero-order valence-corrected chi connectivity index (χ0v) is 23.0. The van der Waals surface area contributed by atoms with Crippen LogP contribution in [0, 0.1) is 0 Å². The second-order valence-corrected chi connectivity index (χ2v) is 11.4. The number of aliphatic carboxylic acids is 1. The second kappa shape index (κ2) is 10.6. The van der Waals surface area contributed by atoms with Crippen molar-refractivity contribution in [1.82, 2.24) is 19.4 Å². The average Bonchev–Trinajstić information content (AvgIpc) is 3.34. The lowest BCUT2D eigenvalue weighted by atomic mass is 9.91. The highest BCUT2D eigenvalue weighted by molar-refractivity contribution is 5.86. The predicted octanol–water partition coefficient (Wildman–Crippen LogP) is 2.66. The maximum absolute atomic E-state index is 13.2. The molecule has 0 saturated carbocycles. The van der Waals surface area contributed by atoms with Gasteiger partial charge in [-0.25, -0.2) is 14.6 Å². The van der Waals surface area contributed by atoms with Gasteiger partial charge in [0, 0.05) is 41.2 Å². The number of carbonyl (C=O) groups excluding carboxylic acids is 1. The molecule has 0 bridgehead atoms. The molecule has 6 rings (SSSR count). The topological polar surface area (TPSA) is 145 Å². The summed E-state index contributed by atoms with van der Waals surface area (Å²) in [6, 6.07) is 8.96. The first-order valence-electron chi connectivity index (χ1n) is 14.2. The van der Waals surface area contributed by atoms with E-state index in [0.29, 0.717) is 47.3 Å². The number of aliphatic hydroxyl groups is 2. The van der Waals surface area contributed by atoms with Crippen LogP contribution in [0.4, 0.5) is 4.79 Å². The predicted molar refractivity (Wildman–Crippen MR) is 150 cm³/mol. The lowest BCUT2D eigenvalue weighted by molar-refractivity contribution is -0.157. The number of ether oxygens (including phenoxy) is 1. The van der Waals surface area contributed by atoms with Crippen LogP contribution in [0.15, 0.2) is 35.1 Å². The zero-order valence-electron chi connectivity index (χ0n) is 23.0. The number of aliphatic hydroxyl groups excluding tert-OH is 1. The number of amides is 1. The van der Waals surface area contributed by atoms with Crippen molar-refractivity contribution in [1.29, 1.82) is 0 Å². The minimum atomic E-state index is -2.37. The molecule has 5 heterocycles. The Morgan fingerprint density at radius 3 is 2.49 bits per heavy atom. The van der Waals surface area contributed by atoms with Gasteiger partial charge in [0.1, 0.15) is 5.75 Å². The molecule has 1 atom stereocenters. The smallest absolute Gasteiger partial charge is 0.415 e. The number of hydrogen-bond acceptors (Lipinski definition) is 8. The Balaban J connectivity index is 1.22. The summed E-state index contributed by atoms with van der Waals surface area (Å²) in [6.07, 6.45) is 5.34. The van der Waals surface area contributed by atoms with Gasteiger partial charge >= 0.3 is 12.1 Å². The van der Waals surface area contributed by atoms with Gasteiger partial charge in [-0.1, -0.05) is 6.42 Å². The maximum atomic E-state index is 13.2. The van der Waals surface area contributed by atoms with Gasteiger partial charge in [-0.05, 0) is 76.0 Å². The largest absolute Gasteiger partial charge is 0.479 e. The number of fused-ring (bicyclic) bond motifs is 4. The Morgan fingerprint density at radius 1 is 1.07 bits per heavy atom. The van der Waals surface area contributed by atoms with Crippen molar-refractivity contribution in [2.24, 2.45) is 0 Å². The highest BCUT2D eigenvalue weighted by Crippen LogP contribution is 2.36. The van der Waals surface area contributed by atoms with Crippen molar-refractivity contribution in [3.05, 3.63) is 57.4 Å². The van der Waals surface area contributed by atoms with E-state index in [2.05, 4.69) is 4.90 Å². The van der Waals surface area contributed by atoms with E-state index in [0.717, 1.165) is 38.2 Å². The summed E-state index contributed by atoms with van der Waals surface area (Å²) in [7, 11) is 0. The Kier molecular flexibility index (Phi) is 7.04. The summed E-state index contributed by atoms with van der Waals surface area (Å²) < 4.78 is 7.14. The van der Waals surface area contributed by atoms with Gasteiger partial charge < -0.3 is 34.4 Å².